The van der Waals surface area contributed by atoms with Crippen LogP contribution < -0.4 is 5.73 Å². The van der Waals surface area contributed by atoms with Crippen LogP contribution in [-0.4, -0.2) is 8.75 Å². The molecule has 0 aromatic carbocycles. The van der Waals surface area contributed by atoms with Crippen molar-refractivity contribution in [2.45, 2.75) is 26.8 Å². The van der Waals surface area contributed by atoms with Crippen LogP contribution >= 0.6 is 11.7 Å². The molecule has 4 heteroatoms. The van der Waals surface area contributed by atoms with Gasteiger partial charge in [-0.1, -0.05) is 20.8 Å². The van der Waals surface area contributed by atoms with Gasteiger partial charge in [0.25, 0.3) is 0 Å². The van der Waals surface area contributed by atoms with Gasteiger partial charge < -0.3 is 5.73 Å². The van der Waals surface area contributed by atoms with Crippen LogP contribution in [0.2, 0.25) is 0 Å². The minimum atomic E-state index is -0.0127. The van der Waals surface area contributed by atoms with E-state index in [1.54, 1.807) is 6.20 Å². The molecule has 1 aromatic rings. The van der Waals surface area contributed by atoms with E-state index in [0.29, 0.717) is 0 Å². The molecule has 0 amide bonds. The zero-order chi connectivity index (χ0) is 8.48. The Bertz CT molecular complexity index is 212. The number of nitrogens with two attached hydrogens (primary N) is 1. The van der Waals surface area contributed by atoms with Crippen molar-refractivity contribution in [2.24, 2.45) is 11.1 Å². The minimum absolute atomic E-state index is 0.0127. The maximum Gasteiger partial charge on any atom is 0.0915 e. The summed E-state index contributed by atoms with van der Waals surface area (Å²) in [4.78, 5) is 0. The van der Waals surface area contributed by atoms with Crippen molar-refractivity contribution in [3.8, 4) is 0 Å². The van der Waals surface area contributed by atoms with Gasteiger partial charge in [-0.3, -0.25) is 0 Å². The van der Waals surface area contributed by atoms with E-state index in [9.17, 15) is 0 Å². The van der Waals surface area contributed by atoms with Gasteiger partial charge in [0.15, 0.2) is 0 Å². The first-order valence-corrected chi connectivity index (χ1v) is 4.28. The van der Waals surface area contributed by atoms with Gasteiger partial charge >= 0.3 is 0 Å². The average Bonchev–Trinajstić information content (AvgIpc) is 2.34. The zero-order valence-corrected chi connectivity index (χ0v) is 7.85. The van der Waals surface area contributed by atoms with Gasteiger partial charge in [-0.25, -0.2) is 0 Å². The molecule has 3 nitrogen and oxygen atoms in total. The molecule has 1 aromatic heterocycles. The molecule has 0 fully saturated rings. The molecular formula is C7H13N3S. The summed E-state index contributed by atoms with van der Waals surface area (Å²) in [6.07, 6.45) is 1.74. The van der Waals surface area contributed by atoms with Gasteiger partial charge in [-0.2, -0.15) is 8.75 Å². The van der Waals surface area contributed by atoms with E-state index < -0.39 is 0 Å². The van der Waals surface area contributed by atoms with Crippen LogP contribution in [0.3, 0.4) is 0 Å². The molecule has 0 saturated carbocycles. The van der Waals surface area contributed by atoms with Crippen LogP contribution in [0.5, 0.6) is 0 Å². The Morgan fingerprint density at radius 2 is 2.18 bits per heavy atom. The molecule has 1 atom stereocenters. The third-order valence-corrected chi connectivity index (χ3v) is 2.12. The Balaban J connectivity index is 2.78. The average molecular weight is 171 g/mol. The predicted octanol–water partition coefficient (Wildman–Crippen LogP) is 1.58. The first-order chi connectivity index (χ1) is 5.02. The molecule has 1 heterocycles. The Morgan fingerprint density at radius 1 is 1.55 bits per heavy atom. The lowest BCUT2D eigenvalue weighted by molar-refractivity contribution is 0.322. The molecule has 0 aliphatic carbocycles. The Hall–Kier alpha value is -0.480. The number of hydrogen-bond donors (Lipinski definition) is 1. The molecule has 0 saturated heterocycles. The summed E-state index contributed by atoms with van der Waals surface area (Å²) < 4.78 is 8.00. The molecule has 11 heavy (non-hydrogen) atoms. The van der Waals surface area contributed by atoms with Crippen molar-refractivity contribution in [3.63, 3.8) is 0 Å². The van der Waals surface area contributed by atoms with Crippen LogP contribution in [0, 0.1) is 5.41 Å². The second-order valence-electron chi connectivity index (χ2n) is 3.68. The minimum Gasteiger partial charge on any atom is -0.322 e. The van der Waals surface area contributed by atoms with E-state index >= 15 is 0 Å². The smallest absolute Gasteiger partial charge is 0.0915 e. The monoisotopic (exact) mass is 171 g/mol. The lowest BCUT2D eigenvalue weighted by Gasteiger charge is -2.24. The van der Waals surface area contributed by atoms with E-state index in [2.05, 4.69) is 29.5 Å². The van der Waals surface area contributed by atoms with Gasteiger partial charge in [0.2, 0.25) is 0 Å². The van der Waals surface area contributed by atoms with Gasteiger partial charge in [0, 0.05) is 0 Å². The van der Waals surface area contributed by atoms with E-state index in [1.807, 2.05) is 0 Å². The number of aromatic nitrogens is 2. The van der Waals surface area contributed by atoms with E-state index in [4.69, 9.17) is 5.73 Å². The Kier molecular flexibility index (Phi) is 2.25. The summed E-state index contributed by atoms with van der Waals surface area (Å²) in [6.45, 7) is 6.28. The lowest BCUT2D eigenvalue weighted by atomic mass is 9.86. The Labute approximate surface area is 71.0 Å². The molecule has 1 unspecified atom stereocenters. The maximum atomic E-state index is 5.92. The lowest BCUT2D eigenvalue weighted by Crippen LogP contribution is -2.26. The second kappa shape index (κ2) is 2.87. The molecular weight excluding hydrogens is 158 g/mol. The van der Waals surface area contributed by atoms with Gasteiger partial charge in [0.05, 0.1) is 29.7 Å². The third-order valence-electron chi connectivity index (χ3n) is 1.63. The highest BCUT2D eigenvalue weighted by Crippen LogP contribution is 2.28. The largest absolute Gasteiger partial charge is 0.322 e. The van der Waals surface area contributed by atoms with Crippen molar-refractivity contribution in [1.29, 1.82) is 0 Å². The summed E-state index contributed by atoms with van der Waals surface area (Å²) in [5.74, 6) is 0. The molecule has 0 aliphatic rings. The molecule has 0 bridgehead atoms. The topological polar surface area (TPSA) is 51.8 Å². The fraction of sp³-hybridized carbons (Fsp3) is 0.714. The van der Waals surface area contributed by atoms with Crippen LogP contribution in [0.15, 0.2) is 6.20 Å². The molecule has 0 radical (unpaired) electrons. The number of hydrogen-bond acceptors (Lipinski definition) is 4. The van der Waals surface area contributed by atoms with Crippen molar-refractivity contribution >= 4 is 11.7 Å². The second-order valence-corrected chi connectivity index (χ2v) is 4.23. The molecule has 0 aliphatic heterocycles. The van der Waals surface area contributed by atoms with E-state index in [0.717, 1.165) is 5.69 Å². The predicted molar refractivity (Wildman–Crippen MR) is 46.3 cm³/mol. The third kappa shape index (κ3) is 1.97. The quantitative estimate of drug-likeness (QED) is 0.698. The zero-order valence-electron chi connectivity index (χ0n) is 7.03. The van der Waals surface area contributed by atoms with Crippen LogP contribution in [0.1, 0.15) is 32.5 Å². The van der Waals surface area contributed by atoms with E-state index in [1.165, 1.54) is 11.7 Å². The van der Waals surface area contributed by atoms with Crippen molar-refractivity contribution in [3.05, 3.63) is 11.9 Å². The summed E-state index contributed by atoms with van der Waals surface area (Å²) in [5.41, 5.74) is 6.88. The highest BCUT2D eigenvalue weighted by Gasteiger charge is 2.23. The van der Waals surface area contributed by atoms with Gasteiger partial charge in [0.1, 0.15) is 0 Å². The normalized spacial score (nSPS) is 14.9. The van der Waals surface area contributed by atoms with Gasteiger partial charge in [-0.15, -0.1) is 0 Å². The molecule has 1 rings (SSSR count). The van der Waals surface area contributed by atoms with Crippen LogP contribution in [-0.2, 0) is 0 Å². The van der Waals surface area contributed by atoms with Crippen molar-refractivity contribution < 1.29 is 0 Å². The highest BCUT2D eigenvalue weighted by molar-refractivity contribution is 6.99. The number of rotatable bonds is 1. The molecule has 62 valence electrons. The summed E-state index contributed by atoms with van der Waals surface area (Å²) in [6, 6.07) is -0.0127. The van der Waals surface area contributed by atoms with Crippen molar-refractivity contribution in [1.82, 2.24) is 8.75 Å². The first-order valence-electron chi connectivity index (χ1n) is 3.55. The first kappa shape index (κ1) is 8.62. The van der Waals surface area contributed by atoms with E-state index in [-0.39, 0.29) is 11.5 Å². The summed E-state index contributed by atoms with van der Waals surface area (Å²) >= 11 is 1.20. The van der Waals surface area contributed by atoms with Crippen LogP contribution in [0.4, 0.5) is 0 Å². The fourth-order valence-electron chi connectivity index (χ4n) is 0.753. The maximum absolute atomic E-state index is 5.92. The standard InChI is InChI=1S/C7H13N3S/c1-7(2,3)6(8)5-4-9-11-10-5/h4,6H,8H2,1-3H3. The highest BCUT2D eigenvalue weighted by atomic mass is 32.1. The van der Waals surface area contributed by atoms with Crippen LogP contribution in [0.25, 0.3) is 0 Å². The molecule has 2 N–H and O–H groups in total. The number of nitrogens with zero attached hydrogens (tertiary/aromatic N) is 2. The van der Waals surface area contributed by atoms with Crippen molar-refractivity contribution in [2.75, 3.05) is 0 Å². The molecule has 0 spiro atoms. The SMILES string of the molecule is CC(C)(C)C(N)c1cnsn1. The summed E-state index contributed by atoms with van der Waals surface area (Å²) in [7, 11) is 0. The van der Waals surface area contributed by atoms with Gasteiger partial charge in [-0.05, 0) is 5.41 Å². The Morgan fingerprint density at radius 3 is 2.55 bits per heavy atom. The summed E-state index contributed by atoms with van der Waals surface area (Å²) in [5, 5.41) is 0. The fourth-order valence-corrected chi connectivity index (χ4v) is 1.21.